The molecule has 0 aliphatic rings. The second-order valence-corrected chi connectivity index (χ2v) is 10.5. The Kier molecular flexibility index (Phi) is 10.1. The largest absolute Gasteiger partial charge is 0.354 e. The van der Waals surface area contributed by atoms with E-state index in [9.17, 15) is 22.4 Å². The summed E-state index contributed by atoms with van der Waals surface area (Å²) in [6, 6.07) is 9.30. The third-order valence-electron chi connectivity index (χ3n) is 5.17. The number of carbonyl (C=O) groups is 2. The number of hydrogen-bond acceptors (Lipinski definition) is 4. The highest BCUT2D eigenvalue weighted by atomic mass is 35.5. The smallest absolute Gasteiger partial charge is 0.244 e. The predicted molar refractivity (Wildman–Crippen MR) is 133 cm³/mol. The molecule has 1 N–H and O–H groups in total. The number of benzene rings is 2. The van der Waals surface area contributed by atoms with E-state index in [0.29, 0.717) is 6.54 Å². The third-order valence-corrected chi connectivity index (χ3v) is 7.11. The molecule has 0 saturated heterocycles. The maximum absolute atomic E-state index is 14.4. The molecule has 0 heterocycles. The molecule has 2 aromatic carbocycles. The zero-order chi connectivity index (χ0) is 25.5. The number of unbranched alkanes of at least 4 members (excludes halogenated alkanes) is 1. The minimum Gasteiger partial charge on any atom is -0.354 e. The first-order chi connectivity index (χ1) is 16.0. The first-order valence-electron chi connectivity index (χ1n) is 10.7. The summed E-state index contributed by atoms with van der Waals surface area (Å²) in [5.74, 6) is -1.68. The lowest BCUT2D eigenvalue weighted by Crippen LogP contribution is -2.51. The number of nitrogens with one attached hydrogen (secondary N) is 1. The first-order valence-corrected chi connectivity index (χ1v) is 13.3. The Bertz CT molecular complexity index is 1130. The molecule has 0 aliphatic heterocycles. The van der Waals surface area contributed by atoms with Crippen molar-refractivity contribution in [2.24, 2.45) is 0 Å². The number of carbonyl (C=O) groups excluding carboxylic acids is 2. The number of rotatable bonds is 11. The van der Waals surface area contributed by atoms with Gasteiger partial charge in [-0.05, 0) is 31.5 Å². The molecule has 0 aliphatic carbocycles. The van der Waals surface area contributed by atoms with Crippen LogP contribution in [-0.4, -0.2) is 50.5 Å². The number of nitrogens with zero attached hydrogens (tertiary/aromatic N) is 2. The Morgan fingerprint density at radius 1 is 1.12 bits per heavy atom. The number of hydrogen-bond donors (Lipinski definition) is 1. The Balaban J connectivity index is 2.41. The van der Waals surface area contributed by atoms with Gasteiger partial charge in [-0.15, -0.1) is 0 Å². The average Bonchev–Trinajstić information content (AvgIpc) is 2.77. The first kappa shape index (κ1) is 27.9. The summed E-state index contributed by atoms with van der Waals surface area (Å²) in [4.78, 5) is 27.3. The van der Waals surface area contributed by atoms with Gasteiger partial charge < -0.3 is 10.2 Å². The van der Waals surface area contributed by atoms with Crippen LogP contribution in [0.3, 0.4) is 0 Å². The van der Waals surface area contributed by atoms with Gasteiger partial charge in [-0.2, -0.15) is 0 Å². The topological polar surface area (TPSA) is 86.8 Å². The van der Waals surface area contributed by atoms with E-state index >= 15 is 0 Å². The van der Waals surface area contributed by atoms with Crippen LogP contribution in [0.2, 0.25) is 10.0 Å². The summed E-state index contributed by atoms with van der Waals surface area (Å²) < 4.78 is 40.3. The molecular weight excluding hydrogens is 504 g/mol. The van der Waals surface area contributed by atoms with Crippen molar-refractivity contribution < 1.29 is 22.4 Å². The van der Waals surface area contributed by atoms with E-state index in [1.165, 1.54) is 43.3 Å². The molecule has 2 amide bonds. The zero-order valence-corrected chi connectivity index (χ0v) is 21.6. The minimum absolute atomic E-state index is 0.0240. The van der Waals surface area contributed by atoms with E-state index in [1.54, 1.807) is 6.07 Å². The lowest BCUT2D eigenvalue weighted by atomic mass is 10.1. The fourth-order valence-corrected chi connectivity index (χ4v) is 4.51. The fourth-order valence-electron chi connectivity index (χ4n) is 3.21. The molecule has 0 fully saturated rings. The highest BCUT2D eigenvalue weighted by Crippen LogP contribution is 2.33. The summed E-state index contributed by atoms with van der Waals surface area (Å²) >= 11 is 12.3. The lowest BCUT2D eigenvalue weighted by molar-refractivity contribution is -0.139. The van der Waals surface area contributed by atoms with Gasteiger partial charge in [-0.1, -0.05) is 60.8 Å². The van der Waals surface area contributed by atoms with E-state index in [1.807, 2.05) is 6.92 Å². The van der Waals surface area contributed by atoms with Gasteiger partial charge in [0.25, 0.3) is 0 Å². The Labute approximate surface area is 209 Å². The Hall–Kier alpha value is -2.36. The van der Waals surface area contributed by atoms with E-state index in [2.05, 4.69) is 5.32 Å². The van der Waals surface area contributed by atoms with Gasteiger partial charge in [0.05, 0.1) is 22.0 Å². The molecule has 2 aromatic rings. The number of anilines is 1. The van der Waals surface area contributed by atoms with Gasteiger partial charge in [0, 0.05) is 18.7 Å². The van der Waals surface area contributed by atoms with Crippen LogP contribution in [0.25, 0.3) is 0 Å². The minimum atomic E-state index is -3.96. The number of sulfonamides is 1. The highest BCUT2D eigenvalue weighted by molar-refractivity contribution is 7.92. The van der Waals surface area contributed by atoms with Crippen LogP contribution in [0.15, 0.2) is 42.5 Å². The van der Waals surface area contributed by atoms with Crippen molar-refractivity contribution in [3.63, 3.8) is 0 Å². The van der Waals surface area contributed by atoms with E-state index in [0.717, 1.165) is 28.3 Å². The molecule has 1 atom stereocenters. The fraction of sp³-hybridized carbons (Fsp3) is 0.391. The van der Waals surface area contributed by atoms with Gasteiger partial charge >= 0.3 is 0 Å². The number of halogens is 3. The lowest BCUT2D eigenvalue weighted by Gasteiger charge is -2.31. The van der Waals surface area contributed by atoms with E-state index in [-0.39, 0.29) is 27.8 Å². The van der Waals surface area contributed by atoms with Crippen LogP contribution < -0.4 is 9.62 Å². The van der Waals surface area contributed by atoms with Crippen LogP contribution in [-0.2, 0) is 26.2 Å². The Morgan fingerprint density at radius 2 is 1.79 bits per heavy atom. The molecular formula is C23H28Cl2FN3O4S. The molecule has 0 spiro atoms. The predicted octanol–water partition coefficient (Wildman–Crippen LogP) is 4.23. The second kappa shape index (κ2) is 12.4. The molecule has 0 aromatic heterocycles. The highest BCUT2D eigenvalue weighted by Gasteiger charge is 2.31. The van der Waals surface area contributed by atoms with Crippen molar-refractivity contribution in [3.8, 4) is 0 Å². The maximum Gasteiger partial charge on any atom is 0.244 e. The quantitative estimate of drug-likeness (QED) is 0.439. The molecule has 186 valence electrons. The van der Waals surface area contributed by atoms with Crippen molar-refractivity contribution in [2.75, 3.05) is 23.7 Å². The zero-order valence-electron chi connectivity index (χ0n) is 19.2. The van der Waals surface area contributed by atoms with Crippen LogP contribution in [0.4, 0.5) is 10.1 Å². The monoisotopic (exact) mass is 531 g/mol. The van der Waals surface area contributed by atoms with Crippen molar-refractivity contribution >= 4 is 50.7 Å². The molecule has 0 saturated carbocycles. The van der Waals surface area contributed by atoms with E-state index in [4.69, 9.17) is 23.2 Å². The second-order valence-electron chi connectivity index (χ2n) is 7.78. The molecule has 34 heavy (non-hydrogen) atoms. The summed E-state index contributed by atoms with van der Waals surface area (Å²) in [5.41, 5.74) is 0.215. The van der Waals surface area contributed by atoms with Gasteiger partial charge in [0.15, 0.2) is 0 Å². The SMILES string of the molecule is CCCCNC(=O)[C@@H](C)N(Cc1ccccc1F)C(=O)CN(c1cccc(Cl)c1Cl)S(C)(=O)=O. The third kappa shape index (κ3) is 7.32. The molecule has 2 rings (SSSR count). The van der Waals surface area contributed by atoms with Crippen LogP contribution in [0.5, 0.6) is 0 Å². The van der Waals surface area contributed by atoms with Crippen molar-refractivity contribution in [1.82, 2.24) is 10.2 Å². The Morgan fingerprint density at radius 3 is 2.41 bits per heavy atom. The van der Waals surface area contributed by atoms with Crippen molar-refractivity contribution in [2.45, 2.75) is 39.3 Å². The van der Waals surface area contributed by atoms with Crippen LogP contribution >= 0.6 is 23.2 Å². The van der Waals surface area contributed by atoms with Gasteiger partial charge in [0.2, 0.25) is 21.8 Å². The van der Waals surface area contributed by atoms with Gasteiger partial charge in [0.1, 0.15) is 18.4 Å². The summed E-state index contributed by atoms with van der Waals surface area (Å²) in [6.45, 7) is 3.03. The van der Waals surface area contributed by atoms with Crippen molar-refractivity contribution in [3.05, 3.63) is 63.9 Å². The van der Waals surface area contributed by atoms with Gasteiger partial charge in [-0.25, -0.2) is 12.8 Å². The molecule has 7 nitrogen and oxygen atoms in total. The molecule has 0 unspecified atom stereocenters. The standard InChI is InChI=1S/C23H28Cl2FN3O4S/c1-4-5-13-27-23(31)16(2)28(14-17-9-6-7-11-19(17)26)21(30)15-29(34(3,32)33)20-12-8-10-18(24)22(20)25/h6-12,16H,4-5,13-15H2,1-3H3,(H,27,31)/t16-/m1/s1. The summed E-state index contributed by atoms with van der Waals surface area (Å²) in [5, 5.41) is 2.84. The molecule has 11 heteroatoms. The number of amides is 2. The summed E-state index contributed by atoms with van der Waals surface area (Å²) in [7, 11) is -3.96. The normalized spacial score (nSPS) is 12.2. The molecule has 0 bridgehead atoms. The van der Waals surface area contributed by atoms with Crippen LogP contribution in [0.1, 0.15) is 32.3 Å². The van der Waals surface area contributed by atoms with E-state index < -0.39 is 40.2 Å². The van der Waals surface area contributed by atoms with Crippen molar-refractivity contribution in [1.29, 1.82) is 0 Å². The average molecular weight is 532 g/mol. The molecule has 0 radical (unpaired) electrons. The van der Waals surface area contributed by atoms with Crippen LogP contribution in [0, 0.1) is 5.82 Å². The van der Waals surface area contributed by atoms with Gasteiger partial charge in [-0.3, -0.25) is 13.9 Å². The summed E-state index contributed by atoms with van der Waals surface area (Å²) in [6.07, 6.45) is 2.56. The maximum atomic E-state index is 14.4.